The van der Waals surface area contributed by atoms with Crippen molar-refractivity contribution in [1.82, 2.24) is 0 Å². The molecule has 0 N–H and O–H groups in total. The minimum atomic E-state index is -0.303. The number of anilines is 5. The summed E-state index contributed by atoms with van der Waals surface area (Å²) in [6.45, 7) is 25.1. The topological polar surface area (TPSA) is 24.9 Å². The molecule has 4 heterocycles. The van der Waals surface area contributed by atoms with E-state index in [2.05, 4.69) is 219 Å². The molecular weight excluding hydrogens is 755 g/mol. The molecule has 11 rings (SSSR count). The number of ether oxygens (including phenoxy) is 2. The van der Waals surface area contributed by atoms with Gasteiger partial charge in [0, 0.05) is 39.2 Å². The second-order valence-electron chi connectivity index (χ2n) is 21.5. The summed E-state index contributed by atoms with van der Waals surface area (Å²) in [6.07, 6.45) is 0. The van der Waals surface area contributed by atoms with Crippen molar-refractivity contribution in [2.75, 3.05) is 9.71 Å². The average molecular weight is 811 g/mol. The van der Waals surface area contributed by atoms with Gasteiger partial charge in [0.1, 0.15) is 17.2 Å². The van der Waals surface area contributed by atoms with Gasteiger partial charge in [-0.2, -0.15) is 0 Å². The van der Waals surface area contributed by atoms with E-state index in [9.17, 15) is 0 Å². The molecule has 4 aliphatic rings. The fourth-order valence-corrected chi connectivity index (χ4v) is 10.3. The summed E-state index contributed by atoms with van der Waals surface area (Å²) >= 11 is 0. The van der Waals surface area contributed by atoms with Gasteiger partial charge in [0.05, 0.1) is 11.4 Å². The van der Waals surface area contributed by atoms with E-state index in [1.165, 1.54) is 66.7 Å². The van der Waals surface area contributed by atoms with Crippen LogP contribution < -0.4 is 30.1 Å². The van der Waals surface area contributed by atoms with Gasteiger partial charge in [0.25, 0.3) is 0 Å². The molecule has 0 fully saturated rings. The molecule has 0 saturated carbocycles. The van der Waals surface area contributed by atoms with Crippen LogP contribution in [0.1, 0.15) is 104 Å². The SMILES string of the molecule is CC(C)(C)c1ccc(N2c3cc4c(cc3B3c5c(cc(-c6ccccc6)cc52)-c2cc(C(C)(C)C)cc5c2N3c2ccc(C(C)(C)C)cc2O5)Oc2ccccc2C4(C)C)cc1. The summed E-state index contributed by atoms with van der Waals surface area (Å²) in [7, 11) is 0. The van der Waals surface area contributed by atoms with E-state index in [1.807, 2.05) is 0 Å². The van der Waals surface area contributed by atoms with Crippen molar-refractivity contribution in [3.8, 4) is 45.3 Å². The molecule has 4 aliphatic heterocycles. The predicted molar refractivity (Wildman–Crippen MR) is 260 cm³/mol. The van der Waals surface area contributed by atoms with Crippen LogP contribution in [0.2, 0.25) is 0 Å². The van der Waals surface area contributed by atoms with E-state index in [0.29, 0.717) is 0 Å². The van der Waals surface area contributed by atoms with Crippen LogP contribution in [0.25, 0.3) is 22.3 Å². The highest BCUT2D eigenvalue weighted by atomic mass is 16.5. The molecule has 0 aliphatic carbocycles. The number of benzene rings is 7. The highest BCUT2D eigenvalue weighted by Gasteiger charge is 2.50. The second-order valence-corrected chi connectivity index (χ2v) is 21.5. The first-order chi connectivity index (χ1) is 29.4. The first kappa shape index (κ1) is 38.7. The van der Waals surface area contributed by atoms with Gasteiger partial charge in [-0.1, -0.05) is 143 Å². The minimum absolute atomic E-state index is 0.0202. The number of hydrogen-bond acceptors (Lipinski definition) is 4. The molecule has 0 spiro atoms. The van der Waals surface area contributed by atoms with Crippen LogP contribution in [-0.2, 0) is 21.7 Å². The van der Waals surface area contributed by atoms with Gasteiger partial charge in [-0.25, -0.2) is 0 Å². The lowest BCUT2D eigenvalue weighted by molar-refractivity contribution is 0.418. The fraction of sp³-hybridized carbons (Fsp3) is 0.263. The van der Waals surface area contributed by atoms with E-state index < -0.39 is 0 Å². The number of hydrogen-bond donors (Lipinski definition) is 0. The molecule has 0 aromatic heterocycles. The number of para-hydroxylation sites is 1. The van der Waals surface area contributed by atoms with Crippen molar-refractivity contribution >= 4 is 46.2 Å². The first-order valence-corrected chi connectivity index (χ1v) is 22.3. The van der Waals surface area contributed by atoms with Gasteiger partial charge < -0.3 is 19.2 Å². The van der Waals surface area contributed by atoms with Crippen LogP contribution in [0.3, 0.4) is 0 Å². The van der Waals surface area contributed by atoms with Crippen LogP contribution in [0, 0.1) is 0 Å². The second kappa shape index (κ2) is 12.9. The standard InChI is InChI=1S/C57H55BN2O2/c1-54(2,3)36-21-24-39(25-22-36)59-46-32-43-49(61-48-20-16-15-19-42(48)57(43,10)11)33-44(46)58-52-40(27-35(28-47(52)59)34-17-13-12-14-18-34)41-29-38(56(7,8)9)31-51-53(41)60(58)45-26-23-37(55(4,5)6)30-50(45)62-51/h12-33H,1-11H3. The lowest BCUT2D eigenvalue weighted by Gasteiger charge is -2.49. The summed E-state index contributed by atoms with van der Waals surface area (Å²) < 4.78 is 14.1. The van der Waals surface area contributed by atoms with Crippen molar-refractivity contribution in [3.63, 3.8) is 0 Å². The van der Waals surface area contributed by atoms with Crippen LogP contribution in [-0.4, -0.2) is 6.85 Å². The minimum Gasteiger partial charge on any atom is -0.457 e. The molecule has 0 amide bonds. The van der Waals surface area contributed by atoms with E-state index in [0.717, 1.165) is 45.7 Å². The molecule has 308 valence electrons. The Hall–Kier alpha value is -6.20. The molecule has 7 aromatic carbocycles. The maximum Gasteiger partial charge on any atom is 0.333 e. The highest BCUT2D eigenvalue weighted by Crippen LogP contribution is 2.58. The third-order valence-electron chi connectivity index (χ3n) is 13.9. The summed E-state index contributed by atoms with van der Waals surface area (Å²) in [5.41, 5.74) is 18.7. The Balaban J connectivity index is 1.28. The Morgan fingerprint density at radius 3 is 1.82 bits per heavy atom. The maximum absolute atomic E-state index is 7.16. The van der Waals surface area contributed by atoms with Gasteiger partial charge in [0.15, 0.2) is 5.75 Å². The number of nitrogens with zero attached hydrogens (tertiary/aromatic N) is 2. The van der Waals surface area contributed by atoms with Crippen LogP contribution in [0.4, 0.5) is 28.4 Å². The summed E-state index contributed by atoms with van der Waals surface area (Å²) in [6, 6.07) is 50.0. The monoisotopic (exact) mass is 810 g/mol. The normalized spacial score (nSPS) is 15.3. The highest BCUT2D eigenvalue weighted by molar-refractivity contribution is 6.94. The van der Waals surface area contributed by atoms with Crippen molar-refractivity contribution in [3.05, 3.63) is 161 Å². The Labute approximate surface area is 368 Å². The molecule has 0 bridgehead atoms. The quantitative estimate of drug-likeness (QED) is 0.162. The van der Waals surface area contributed by atoms with Crippen molar-refractivity contribution in [2.24, 2.45) is 0 Å². The molecule has 62 heavy (non-hydrogen) atoms. The maximum atomic E-state index is 7.16. The Kier molecular flexibility index (Phi) is 8.07. The average Bonchev–Trinajstić information content (AvgIpc) is 3.23. The van der Waals surface area contributed by atoms with Gasteiger partial charge in [0.2, 0.25) is 0 Å². The van der Waals surface area contributed by atoms with Gasteiger partial charge in [-0.3, -0.25) is 0 Å². The van der Waals surface area contributed by atoms with Gasteiger partial charge in [-0.05, 0) is 127 Å². The molecule has 7 aromatic rings. The van der Waals surface area contributed by atoms with E-state index >= 15 is 0 Å². The van der Waals surface area contributed by atoms with E-state index in [4.69, 9.17) is 9.47 Å². The zero-order valence-corrected chi connectivity index (χ0v) is 38.0. The van der Waals surface area contributed by atoms with E-state index in [1.54, 1.807) is 0 Å². The first-order valence-electron chi connectivity index (χ1n) is 22.3. The molecule has 0 radical (unpaired) electrons. The lowest BCUT2D eigenvalue weighted by Crippen LogP contribution is -2.62. The van der Waals surface area contributed by atoms with E-state index in [-0.39, 0.29) is 28.5 Å². The van der Waals surface area contributed by atoms with Crippen molar-refractivity contribution in [2.45, 2.75) is 97.8 Å². The third-order valence-corrected chi connectivity index (χ3v) is 13.9. The van der Waals surface area contributed by atoms with Crippen LogP contribution >= 0.6 is 0 Å². The van der Waals surface area contributed by atoms with Gasteiger partial charge in [-0.15, -0.1) is 0 Å². The lowest BCUT2D eigenvalue weighted by atomic mass is 9.43. The number of fused-ring (bicyclic) bond motifs is 8. The molecule has 0 saturated heterocycles. The largest absolute Gasteiger partial charge is 0.457 e. The van der Waals surface area contributed by atoms with Gasteiger partial charge >= 0.3 is 6.85 Å². The smallest absolute Gasteiger partial charge is 0.333 e. The predicted octanol–water partition coefficient (Wildman–Crippen LogP) is 14.5. The number of rotatable bonds is 2. The van der Waals surface area contributed by atoms with Crippen molar-refractivity contribution < 1.29 is 9.47 Å². The van der Waals surface area contributed by atoms with Crippen LogP contribution in [0.5, 0.6) is 23.0 Å². The summed E-state index contributed by atoms with van der Waals surface area (Å²) in [5.74, 6) is 3.61. The molecule has 0 atom stereocenters. The summed E-state index contributed by atoms with van der Waals surface area (Å²) in [5, 5.41) is 0. The molecule has 5 heteroatoms. The fourth-order valence-electron chi connectivity index (χ4n) is 10.3. The molecule has 0 unspecified atom stereocenters. The zero-order chi connectivity index (χ0) is 43.2. The van der Waals surface area contributed by atoms with Crippen LogP contribution in [0.15, 0.2) is 133 Å². The Morgan fingerprint density at radius 1 is 0.468 bits per heavy atom. The zero-order valence-electron chi connectivity index (χ0n) is 38.0. The third kappa shape index (κ3) is 5.73. The Bertz CT molecular complexity index is 3000. The summed E-state index contributed by atoms with van der Waals surface area (Å²) in [4.78, 5) is 5.15. The Morgan fingerprint density at radius 2 is 1.11 bits per heavy atom. The molecular formula is C57H55BN2O2. The molecule has 4 nitrogen and oxygen atoms in total. The van der Waals surface area contributed by atoms with Crippen molar-refractivity contribution in [1.29, 1.82) is 0 Å².